The van der Waals surface area contributed by atoms with Gasteiger partial charge in [0.25, 0.3) is 0 Å². The summed E-state index contributed by atoms with van der Waals surface area (Å²) in [5, 5.41) is 8.83. The molecule has 0 radical (unpaired) electrons. The molecule has 4 N–H and O–H groups in total. The normalized spacial score (nSPS) is 14.1. The van der Waals surface area contributed by atoms with E-state index in [9.17, 15) is 0 Å². The predicted molar refractivity (Wildman–Crippen MR) is 71.2 cm³/mol. The van der Waals surface area contributed by atoms with Gasteiger partial charge in [0, 0.05) is 13.3 Å². The minimum atomic E-state index is -0.282. The molecule has 0 aromatic heterocycles. The molecule has 94 valence electrons. The van der Waals surface area contributed by atoms with Gasteiger partial charge in [0.1, 0.15) is 0 Å². The lowest BCUT2D eigenvalue weighted by molar-refractivity contribution is 0.171. The number of ether oxygens (including phenoxy) is 1. The second kappa shape index (κ2) is 6.42. The molecule has 0 aliphatic rings. The van der Waals surface area contributed by atoms with Crippen LogP contribution in [-0.4, -0.2) is 18.9 Å². The Morgan fingerprint density at radius 1 is 1.56 bits per heavy atom. The van der Waals surface area contributed by atoms with E-state index in [1.54, 1.807) is 31.4 Å². The van der Waals surface area contributed by atoms with Gasteiger partial charge < -0.3 is 16.2 Å². The first-order chi connectivity index (χ1) is 8.62. The van der Waals surface area contributed by atoms with Crippen LogP contribution in [0.15, 0.2) is 41.2 Å². The summed E-state index contributed by atoms with van der Waals surface area (Å²) < 4.78 is 5.19. The van der Waals surface area contributed by atoms with Crippen molar-refractivity contribution in [1.82, 2.24) is 0 Å². The molecule has 5 heteroatoms. The Balaban J connectivity index is 3.19. The van der Waals surface area contributed by atoms with E-state index in [-0.39, 0.29) is 6.10 Å². The standard InChI is InChI=1S/C13H16N4O/c1-9(18-2)13(12(16)8-15)17-11-5-3-4-10(6-11)7-14/h3-6,8-9H,15-16H2,1-2H3/t9-/m0/s1. The van der Waals surface area contributed by atoms with E-state index >= 15 is 0 Å². The van der Waals surface area contributed by atoms with E-state index in [4.69, 9.17) is 21.5 Å². The smallest absolute Gasteiger partial charge is 0.0992 e. The third kappa shape index (κ3) is 3.34. The molecule has 0 saturated heterocycles. The van der Waals surface area contributed by atoms with Crippen molar-refractivity contribution in [2.45, 2.75) is 13.0 Å². The zero-order valence-electron chi connectivity index (χ0n) is 10.4. The molecule has 0 heterocycles. The summed E-state index contributed by atoms with van der Waals surface area (Å²) in [5.74, 6) is 0. The summed E-state index contributed by atoms with van der Waals surface area (Å²) in [7, 11) is 1.57. The molecule has 0 bridgehead atoms. The third-order valence-electron chi connectivity index (χ3n) is 2.44. The average Bonchev–Trinajstić information content (AvgIpc) is 2.43. The number of aliphatic imine (C=N–C) groups is 1. The van der Waals surface area contributed by atoms with E-state index in [2.05, 4.69) is 11.1 Å². The Morgan fingerprint density at radius 2 is 2.28 bits per heavy atom. The topological polar surface area (TPSA) is 97.4 Å². The third-order valence-corrected chi connectivity index (χ3v) is 2.44. The summed E-state index contributed by atoms with van der Waals surface area (Å²) in [6.07, 6.45) is 0.998. The Bertz CT molecular complexity index is 514. The van der Waals surface area contributed by atoms with Gasteiger partial charge in [0.15, 0.2) is 0 Å². The van der Waals surface area contributed by atoms with Crippen molar-refractivity contribution in [3.8, 4) is 6.07 Å². The van der Waals surface area contributed by atoms with E-state index in [1.807, 2.05) is 6.92 Å². The number of nitrogens with two attached hydrogens (primary N) is 2. The molecule has 0 spiro atoms. The van der Waals surface area contributed by atoms with Gasteiger partial charge in [-0.25, -0.2) is 4.99 Å². The number of hydrogen-bond donors (Lipinski definition) is 2. The molecular weight excluding hydrogens is 228 g/mol. The molecule has 0 amide bonds. The molecule has 0 unspecified atom stereocenters. The number of methoxy groups -OCH3 is 1. The fourth-order valence-corrected chi connectivity index (χ4v) is 1.37. The Labute approximate surface area is 106 Å². The first-order valence-electron chi connectivity index (χ1n) is 5.41. The van der Waals surface area contributed by atoms with Crippen molar-refractivity contribution >= 4 is 11.4 Å². The second-order valence-corrected chi connectivity index (χ2v) is 3.66. The molecule has 0 saturated carbocycles. The largest absolute Gasteiger partial charge is 0.403 e. The first-order valence-corrected chi connectivity index (χ1v) is 5.41. The summed E-state index contributed by atoms with van der Waals surface area (Å²) in [5.41, 5.74) is 13.2. The van der Waals surface area contributed by atoms with Gasteiger partial charge in [-0.15, -0.1) is 0 Å². The van der Waals surface area contributed by atoms with Crippen LogP contribution >= 0.6 is 0 Å². The van der Waals surface area contributed by atoms with Crippen LogP contribution in [0.5, 0.6) is 0 Å². The lowest BCUT2D eigenvalue weighted by Gasteiger charge is -2.13. The van der Waals surface area contributed by atoms with Crippen molar-refractivity contribution in [2.24, 2.45) is 16.5 Å². The van der Waals surface area contributed by atoms with Crippen molar-refractivity contribution in [1.29, 1.82) is 5.26 Å². The number of nitrogens with zero attached hydrogens (tertiary/aromatic N) is 2. The zero-order chi connectivity index (χ0) is 13.5. The summed E-state index contributed by atoms with van der Waals surface area (Å²) in [6.45, 7) is 1.82. The SMILES string of the molecule is CO[C@@H](C)C(=Nc1cccc(C#N)c1)C(N)=CN. The highest BCUT2D eigenvalue weighted by atomic mass is 16.5. The van der Waals surface area contributed by atoms with Crippen LogP contribution in [0.1, 0.15) is 12.5 Å². The molecule has 1 aromatic carbocycles. The number of rotatable bonds is 4. The second-order valence-electron chi connectivity index (χ2n) is 3.66. The van der Waals surface area contributed by atoms with Gasteiger partial charge in [0.2, 0.25) is 0 Å². The van der Waals surface area contributed by atoms with Crippen molar-refractivity contribution in [2.75, 3.05) is 7.11 Å². The highest BCUT2D eigenvalue weighted by Crippen LogP contribution is 2.16. The molecule has 18 heavy (non-hydrogen) atoms. The van der Waals surface area contributed by atoms with Crippen molar-refractivity contribution in [3.63, 3.8) is 0 Å². The van der Waals surface area contributed by atoms with E-state index in [0.717, 1.165) is 0 Å². The van der Waals surface area contributed by atoms with Gasteiger partial charge in [-0.2, -0.15) is 5.26 Å². The van der Waals surface area contributed by atoms with Gasteiger partial charge in [-0.3, -0.25) is 0 Å². The molecule has 5 nitrogen and oxygen atoms in total. The summed E-state index contributed by atoms with van der Waals surface area (Å²) >= 11 is 0. The van der Waals surface area contributed by atoms with E-state index < -0.39 is 0 Å². The maximum Gasteiger partial charge on any atom is 0.0992 e. The maximum atomic E-state index is 8.83. The van der Waals surface area contributed by atoms with Crippen LogP contribution in [0.2, 0.25) is 0 Å². The average molecular weight is 244 g/mol. The van der Waals surface area contributed by atoms with Gasteiger partial charge in [0.05, 0.1) is 34.8 Å². The van der Waals surface area contributed by atoms with Gasteiger partial charge >= 0.3 is 0 Å². The maximum absolute atomic E-state index is 8.83. The Kier molecular flexibility index (Phi) is 4.90. The Morgan fingerprint density at radius 3 is 2.83 bits per heavy atom. The molecule has 1 rings (SSSR count). The minimum absolute atomic E-state index is 0.282. The van der Waals surface area contributed by atoms with E-state index in [1.165, 1.54) is 6.20 Å². The number of benzene rings is 1. The van der Waals surface area contributed by atoms with Crippen LogP contribution in [0.25, 0.3) is 0 Å². The zero-order valence-corrected chi connectivity index (χ0v) is 10.4. The first kappa shape index (κ1) is 13.7. The van der Waals surface area contributed by atoms with Gasteiger partial charge in [-0.05, 0) is 25.1 Å². The highest BCUT2D eigenvalue weighted by Gasteiger charge is 2.12. The highest BCUT2D eigenvalue weighted by molar-refractivity contribution is 6.03. The van der Waals surface area contributed by atoms with Crippen LogP contribution in [0.3, 0.4) is 0 Å². The van der Waals surface area contributed by atoms with Crippen molar-refractivity contribution < 1.29 is 4.74 Å². The van der Waals surface area contributed by atoms with Crippen LogP contribution in [0.4, 0.5) is 5.69 Å². The molecule has 1 atom stereocenters. The molecule has 0 aliphatic carbocycles. The number of hydrogen-bond acceptors (Lipinski definition) is 5. The van der Waals surface area contributed by atoms with Crippen LogP contribution in [-0.2, 0) is 4.74 Å². The fraction of sp³-hybridized carbons (Fsp3) is 0.231. The quantitative estimate of drug-likeness (QED) is 0.783. The van der Waals surface area contributed by atoms with Crippen LogP contribution in [0, 0.1) is 11.3 Å². The van der Waals surface area contributed by atoms with E-state index in [0.29, 0.717) is 22.7 Å². The molecule has 0 aliphatic heterocycles. The number of nitriles is 1. The van der Waals surface area contributed by atoms with Crippen LogP contribution < -0.4 is 11.5 Å². The molecule has 1 aromatic rings. The summed E-state index contributed by atoms with van der Waals surface area (Å²) in [4.78, 5) is 4.38. The van der Waals surface area contributed by atoms with Crippen molar-refractivity contribution in [3.05, 3.63) is 41.7 Å². The monoisotopic (exact) mass is 244 g/mol. The summed E-state index contributed by atoms with van der Waals surface area (Å²) in [6, 6.07) is 8.98. The molecule has 0 fully saturated rings. The Hall–Kier alpha value is -2.32. The fourth-order valence-electron chi connectivity index (χ4n) is 1.37. The lowest BCUT2D eigenvalue weighted by atomic mass is 10.1. The molecular formula is C13H16N4O. The predicted octanol–water partition coefficient (Wildman–Crippen LogP) is 1.42. The van der Waals surface area contributed by atoms with Gasteiger partial charge in [-0.1, -0.05) is 6.07 Å². The lowest BCUT2D eigenvalue weighted by Crippen LogP contribution is -2.26. The minimum Gasteiger partial charge on any atom is -0.403 e.